The molecule has 4 nitrogen and oxygen atoms in total. The number of nitrogens with two attached hydrogens (primary N) is 1. The normalized spacial score (nSPS) is 28.9. The largest absolute Gasteiger partial charge is 0.384 e. The third-order valence-electron chi connectivity index (χ3n) is 5.43. The first-order valence-electron chi connectivity index (χ1n) is 8.29. The lowest BCUT2D eigenvalue weighted by Crippen LogP contribution is -2.62. The molecule has 4 heteroatoms. The number of piperidine rings is 2. The Morgan fingerprint density at radius 2 is 1.95 bits per heavy atom. The van der Waals surface area contributed by atoms with Crippen LogP contribution in [0.2, 0.25) is 0 Å². The van der Waals surface area contributed by atoms with Crippen molar-refractivity contribution in [3.63, 3.8) is 0 Å². The van der Waals surface area contributed by atoms with Crippen LogP contribution in [0.15, 0.2) is 0 Å². The summed E-state index contributed by atoms with van der Waals surface area (Å²) in [4.78, 5) is 5.28. The Balaban J connectivity index is 1.97. The molecule has 2 N–H and O–H groups in total. The Morgan fingerprint density at radius 1 is 1.25 bits per heavy atom. The molecule has 0 aliphatic carbocycles. The fraction of sp³-hybridized carbons (Fsp3) is 1.00. The van der Waals surface area contributed by atoms with Gasteiger partial charge in [0, 0.05) is 44.9 Å². The number of likely N-dealkylation sites (tertiary alicyclic amines) is 2. The van der Waals surface area contributed by atoms with Gasteiger partial charge in [-0.1, -0.05) is 0 Å². The predicted molar refractivity (Wildman–Crippen MR) is 83.9 cm³/mol. The summed E-state index contributed by atoms with van der Waals surface area (Å²) in [7, 11) is 1.82. The van der Waals surface area contributed by atoms with Crippen molar-refractivity contribution in [3.8, 4) is 0 Å². The minimum absolute atomic E-state index is 0.248. The van der Waals surface area contributed by atoms with Crippen LogP contribution in [0.3, 0.4) is 0 Å². The molecule has 2 heterocycles. The maximum Gasteiger partial charge on any atom is 0.0502 e. The van der Waals surface area contributed by atoms with Crippen molar-refractivity contribution in [1.82, 2.24) is 9.80 Å². The summed E-state index contributed by atoms with van der Waals surface area (Å²) in [6, 6.07) is 0.661. The molecule has 2 aliphatic rings. The second-order valence-corrected chi connectivity index (χ2v) is 6.97. The van der Waals surface area contributed by atoms with E-state index in [1.165, 1.54) is 51.9 Å². The number of ether oxygens (including phenoxy) is 1. The number of rotatable bonds is 5. The van der Waals surface area contributed by atoms with Crippen molar-refractivity contribution >= 4 is 0 Å². The summed E-state index contributed by atoms with van der Waals surface area (Å²) in [5.41, 5.74) is 6.47. The van der Waals surface area contributed by atoms with Gasteiger partial charge in [0.05, 0.1) is 6.61 Å². The molecule has 0 radical (unpaired) electrons. The van der Waals surface area contributed by atoms with Gasteiger partial charge in [0.2, 0.25) is 0 Å². The topological polar surface area (TPSA) is 41.7 Å². The molecule has 0 aromatic rings. The van der Waals surface area contributed by atoms with Gasteiger partial charge >= 0.3 is 0 Å². The highest BCUT2D eigenvalue weighted by atomic mass is 16.5. The highest BCUT2D eigenvalue weighted by Crippen LogP contribution is 2.32. The Bertz CT molecular complexity index is 285. The second-order valence-electron chi connectivity index (χ2n) is 6.97. The van der Waals surface area contributed by atoms with E-state index in [0.29, 0.717) is 12.0 Å². The molecule has 1 atom stereocenters. The summed E-state index contributed by atoms with van der Waals surface area (Å²) in [6.07, 6.45) is 5.05. The lowest BCUT2D eigenvalue weighted by molar-refractivity contribution is -0.0185. The first-order valence-corrected chi connectivity index (χ1v) is 8.29. The standard InChI is InChI=1S/C16H33N3O/c1-14(2)18-9-6-16(13-17,7-10-18)19-8-4-5-15(11-19)12-20-3/h14-15H,4-13,17H2,1-3H3. The fourth-order valence-electron chi connectivity index (χ4n) is 3.97. The van der Waals surface area contributed by atoms with Crippen LogP contribution < -0.4 is 5.73 Å². The minimum atomic E-state index is 0.248. The quantitative estimate of drug-likeness (QED) is 0.831. The number of hydrogen-bond donors (Lipinski definition) is 1. The van der Waals surface area contributed by atoms with Crippen LogP contribution in [0.4, 0.5) is 0 Å². The third kappa shape index (κ3) is 3.53. The molecular formula is C16H33N3O. The van der Waals surface area contributed by atoms with Crippen LogP contribution in [0, 0.1) is 5.92 Å². The molecule has 0 aromatic carbocycles. The third-order valence-corrected chi connectivity index (χ3v) is 5.43. The lowest BCUT2D eigenvalue weighted by atomic mass is 9.82. The highest BCUT2D eigenvalue weighted by Gasteiger charge is 2.40. The van der Waals surface area contributed by atoms with E-state index >= 15 is 0 Å². The van der Waals surface area contributed by atoms with Gasteiger partial charge in [0.15, 0.2) is 0 Å². The molecule has 0 aromatic heterocycles. The van der Waals surface area contributed by atoms with E-state index in [2.05, 4.69) is 23.6 Å². The molecular weight excluding hydrogens is 250 g/mol. The molecule has 118 valence electrons. The zero-order chi connectivity index (χ0) is 14.6. The van der Waals surface area contributed by atoms with E-state index in [-0.39, 0.29) is 5.54 Å². The van der Waals surface area contributed by atoms with Crippen LogP contribution in [-0.2, 0) is 4.74 Å². The Kier molecular flexibility index (Phi) is 5.84. The molecule has 0 spiro atoms. The Hall–Kier alpha value is -0.160. The van der Waals surface area contributed by atoms with Crippen LogP contribution in [0.1, 0.15) is 39.5 Å². The monoisotopic (exact) mass is 283 g/mol. The van der Waals surface area contributed by atoms with Gasteiger partial charge < -0.3 is 15.4 Å². The van der Waals surface area contributed by atoms with Crippen LogP contribution in [0.25, 0.3) is 0 Å². The van der Waals surface area contributed by atoms with Gasteiger partial charge in [0.1, 0.15) is 0 Å². The maximum atomic E-state index is 6.22. The Labute approximate surface area is 124 Å². The predicted octanol–water partition coefficient (Wildman–Crippen LogP) is 1.55. The van der Waals surface area contributed by atoms with E-state index in [4.69, 9.17) is 10.5 Å². The number of hydrogen-bond acceptors (Lipinski definition) is 4. The van der Waals surface area contributed by atoms with Gasteiger partial charge in [-0.15, -0.1) is 0 Å². The van der Waals surface area contributed by atoms with Crippen molar-refractivity contribution in [3.05, 3.63) is 0 Å². The average Bonchev–Trinajstić information content (AvgIpc) is 2.48. The van der Waals surface area contributed by atoms with Gasteiger partial charge in [-0.05, 0) is 52.0 Å². The zero-order valence-electron chi connectivity index (χ0n) is 13.6. The summed E-state index contributed by atoms with van der Waals surface area (Å²) in [5.74, 6) is 0.695. The maximum absolute atomic E-state index is 6.22. The van der Waals surface area contributed by atoms with E-state index in [1.54, 1.807) is 0 Å². The molecule has 0 amide bonds. The zero-order valence-corrected chi connectivity index (χ0v) is 13.6. The SMILES string of the molecule is COCC1CCCN(C2(CN)CCN(C(C)C)CC2)C1. The molecule has 20 heavy (non-hydrogen) atoms. The molecule has 0 saturated carbocycles. The summed E-state index contributed by atoms with van der Waals surface area (Å²) < 4.78 is 5.37. The second kappa shape index (κ2) is 7.21. The van der Waals surface area contributed by atoms with E-state index in [1.807, 2.05) is 7.11 Å². The van der Waals surface area contributed by atoms with E-state index in [9.17, 15) is 0 Å². The summed E-state index contributed by atoms with van der Waals surface area (Å²) in [6.45, 7) is 11.1. The molecule has 0 bridgehead atoms. The van der Waals surface area contributed by atoms with Gasteiger partial charge in [-0.2, -0.15) is 0 Å². The first kappa shape index (κ1) is 16.2. The van der Waals surface area contributed by atoms with Crippen LogP contribution >= 0.6 is 0 Å². The average molecular weight is 283 g/mol. The van der Waals surface area contributed by atoms with Gasteiger partial charge in [-0.3, -0.25) is 4.90 Å². The van der Waals surface area contributed by atoms with Gasteiger partial charge in [-0.25, -0.2) is 0 Å². The van der Waals surface area contributed by atoms with Crippen molar-refractivity contribution < 1.29 is 4.74 Å². The fourth-order valence-corrected chi connectivity index (χ4v) is 3.97. The molecule has 2 fully saturated rings. The highest BCUT2D eigenvalue weighted by molar-refractivity contribution is 4.98. The first-order chi connectivity index (χ1) is 9.61. The summed E-state index contributed by atoms with van der Waals surface area (Å²) >= 11 is 0. The van der Waals surface area contributed by atoms with E-state index < -0.39 is 0 Å². The smallest absolute Gasteiger partial charge is 0.0502 e. The number of nitrogens with zero attached hydrogens (tertiary/aromatic N) is 2. The van der Waals surface area contributed by atoms with Crippen molar-refractivity contribution in [1.29, 1.82) is 0 Å². The van der Waals surface area contributed by atoms with Crippen LogP contribution in [-0.4, -0.2) is 67.8 Å². The molecule has 1 unspecified atom stereocenters. The van der Waals surface area contributed by atoms with Crippen molar-refractivity contribution in [2.24, 2.45) is 11.7 Å². The van der Waals surface area contributed by atoms with Crippen LogP contribution in [0.5, 0.6) is 0 Å². The molecule has 2 aliphatic heterocycles. The van der Waals surface area contributed by atoms with Crippen molar-refractivity contribution in [2.45, 2.75) is 51.1 Å². The Morgan fingerprint density at radius 3 is 2.50 bits per heavy atom. The van der Waals surface area contributed by atoms with Gasteiger partial charge in [0.25, 0.3) is 0 Å². The summed E-state index contributed by atoms with van der Waals surface area (Å²) in [5, 5.41) is 0. The van der Waals surface area contributed by atoms with Crippen molar-refractivity contribution in [2.75, 3.05) is 46.4 Å². The lowest BCUT2D eigenvalue weighted by Gasteiger charge is -2.51. The molecule has 2 saturated heterocycles. The minimum Gasteiger partial charge on any atom is -0.384 e. The molecule has 2 rings (SSSR count). The number of methoxy groups -OCH3 is 1. The van der Waals surface area contributed by atoms with E-state index in [0.717, 1.165) is 13.2 Å².